The van der Waals surface area contributed by atoms with Gasteiger partial charge in [0.05, 0.1) is 29.5 Å². The predicted octanol–water partition coefficient (Wildman–Crippen LogP) is 2.87. The molecule has 0 saturated heterocycles. The Kier molecular flexibility index (Phi) is 5.48. The van der Waals surface area contributed by atoms with Gasteiger partial charge in [0, 0.05) is 12.3 Å². The molecule has 4 aromatic heterocycles. The number of nitrogens with zero attached hydrogens (tertiary/aromatic N) is 5. The Morgan fingerprint density at radius 2 is 2.00 bits per heavy atom. The van der Waals surface area contributed by atoms with Crippen LogP contribution in [-0.2, 0) is 4.84 Å². The lowest BCUT2D eigenvalue weighted by atomic mass is 10.2. The van der Waals surface area contributed by atoms with Crippen molar-refractivity contribution in [1.82, 2.24) is 29.9 Å². The SMILES string of the molecule is CONC(=O)c1c(NC(=O)c2cc(Br)nn2-c2ncccc2Cl)ccc2ccnn12. The van der Waals surface area contributed by atoms with Gasteiger partial charge < -0.3 is 5.32 Å². The molecule has 4 heterocycles. The van der Waals surface area contributed by atoms with Crippen molar-refractivity contribution in [3.63, 3.8) is 0 Å². The zero-order valence-electron chi connectivity index (χ0n) is 15.3. The number of amides is 2. The topological polar surface area (TPSA) is 115 Å². The second-order valence-corrected chi connectivity index (χ2v) is 7.15. The number of halogens is 2. The average molecular weight is 491 g/mol. The van der Waals surface area contributed by atoms with E-state index >= 15 is 0 Å². The maximum Gasteiger partial charge on any atom is 0.295 e. The minimum absolute atomic E-state index is 0.0914. The number of aromatic nitrogens is 5. The second kappa shape index (κ2) is 8.22. The first-order valence-electron chi connectivity index (χ1n) is 8.47. The lowest BCUT2D eigenvalue weighted by Gasteiger charge is -2.13. The van der Waals surface area contributed by atoms with Crippen LogP contribution in [0.1, 0.15) is 21.0 Å². The quantitative estimate of drug-likeness (QED) is 0.416. The van der Waals surface area contributed by atoms with Crippen LogP contribution in [0, 0.1) is 0 Å². The van der Waals surface area contributed by atoms with Gasteiger partial charge in [-0.3, -0.25) is 14.4 Å². The van der Waals surface area contributed by atoms with Crippen molar-refractivity contribution >= 4 is 50.5 Å². The summed E-state index contributed by atoms with van der Waals surface area (Å²) in [5, 5.41) is 11.4. The summed E-state index contributed by atoms with van der Waals surface area (Å²) in [6.45, 7) is 0. The molecule has 0 saturated carbocycles. The van der Waals surface area contributed by atoms with Crippen LogP contribution in [0.15, 0.2) is 53.4 Å². The van der Waals surface area contributed by atoms with E-state index < -0.39 is 11.8 Å². The molecule has 0 aliphatic rings. The zero-order chi connectivity index (χ0) is 21.3. The summed E-state index contributed by atoms with van der Waals surface area (Å²) in [6, 6.07) is 9.87. The molecule has 0 radical (unpaired) electrons. The van der Waals surface area contributed by atoms with Crippen LogP contribution in [0.2, 0.25) is 5.02 Å². The largest absolute Gasteiger partial charge is 0.319 e. The molecule has 2 amide bonds. The molecule has 0 spiro atoms. The van der Waals surface area contributed by atoms with Gasteiger partial charge in [0.15, 0.2) is 11.5 Å². The van der Waals surface area contributed by atoms with Gasteiger partial charge in [0.2, 0.25) is 0 Å². The van der Waals surface area contributed by atoms with Crippen molar-refractivity contribution in [2.45, 2.75) is 0 Å². The van der Waals surface area contributed by atoms with E-state index in [1.807, 2.05) is 0 Å². The number of carbonyl (C=O) groups excluding carboxylic acids is 2. The highest BCUT2D eigenvalue weighted by molar-refractivity contribution is 9.10. The molecule has 4 aromatic rings. The highest BCUT2D eigenvalue weighted by Gasteiger charge is 2.22. The zero-order valence-corrected chi connectivity index (χ0v) is 17.7. The van der Waals surface area contributed by atoms with Crippen LogP contribution in [0.3, 0.4) is 0 Å². The Labute approximate surface area is 182 Å². The van der Waals surface area contributed by atoms with Crippen LogP contribution in [0.25, 0.3) is 11.3 Å². The highest BCUT2D eigenvalue weighted by atomic mass is 79.9. The average Bonchev–Trinajstić information content (AvgIpc) is 3.34. The number of hydrogen-bond acceptors (Lipinski definition) is 6. The van der Waals surface area contributed by atoms with Crippen molar-refractivity contribution in [3.05, 3.63) is 69.8 Å². The Morgan fingerprint density at radius 3 is 2.77 bits per heavy atom. The van der Waals surface area contributed by atoms with Gasteiger partial charge in [-0.25, -0.2) is 19.7 Å². The molecule has 0 bridgehead atoms. The molecule has 0 atom stereocenters. The summed E-state index contributed by atoms with van der Waals surface area (Å²) < 4.78 is 3.12. The third kappa shape index (κ3) is 3.65. The summed E-state index contributed by atoms with van der Waals surface area (Å²) in [7, 11) is 1.31. The number of hydroxylamine groups is 1. The number of hydrogen-bond donors (Lipinski definition) is 2. The van der Waals surface area contributed by atoms with E-state index in [1.54, 1.807) is 36.5 Å². The first-order valence-corrected chi connectivity index (χ1v) is 9.64. The first-order chi connectivity index (χ1) is 14.5. The van der Waals surface area contributed by atoms with E-state index in [2.05, 4.69) is 41.9 Å². The smallest absolute Gasteiger partial charge is 0.295 e. The number of carbonyl (C=O) groups is 2. The Morgan fingerprint density at radius 1 is 1.17 bits per heavy atom. The van der Waals surface area contributed by atoms with Crippen LogP contribution >= 0.6 is 27.5 Å². The van der Waals surface area contributed by atoms with Gasteiger partial charge >= 0.3 is 0 Å². The third-order valence-corrected chi connectivity index (χ3v) is 4.75. The summed E-state index contributed by atoms with van der Waals surface area (Å²) in [4.78, 5) is 34.5. The molecule has 0 unspecified atom stereocenters. The van der Waals surface area contributed by atoms with Gasteiger partial charge in [0.1, 0.15) is 10.3 Å². The summed E-state index contributed by atoms with van der Waals surface area (Å²) in [5.41, 5.74) is 3.38. The van der Waals surface area contributed by atoms with Crippen LogP contribution in [-0.4, -0.2) is 43.3 Å². The van der Waals surface area contributed by atoms with Crippen molar-refractivity contribution < 1.29 is 14.4 Å². The number of fused-ring (bicyclic) bond motifs is 1. The molecule has 0 aliphatic heterocycles. The van der Waals surface area contributed by atoms with Crippen molar-refractivity contribution in [1.29, 1.82) is 0 Å². The Balaban J connectivity index is 1.76. The molecule has 0 aliphatic carbocycles. The molecule has 30 heavy (non-hydrogen) atoms. The molecular formula is C18H13BrClN7O3. The van der Waals surface area contributed by atoms with Gasteiger partial charge in [-0.1, -0.05) is 11.6 Å². The number of anilines is 1. The summed E-state index contributed by atoms with van der Waals surface area (Å²) in [5.74, 6) is -0.827. The molecular weight excluding hydrogens is 478 g/mol. The van der Waals surface area contributed by atoms with E-state index in [-0.39, 0.29) is 22.9 Å². The van der Waals surface area contributed by atoms with Crippen molar-refractivity contribution in [2.24, 2.45) is 0 Å². The van der Waals surface area contributed by atoms with Crippen molar-refractivity contribution in [2.75, 3.05) is 12.4 Å². The molecule has 152 valence electrons. The maximum absolute atomic E-state index is 13.1. The van der Waals surface area contributed by atoms with E-state index in [1.165, 1.54) is 28.6 Å². The fourth-order valence-electron chi connectivity index (χ4n) is 2.84. The molecule has 0 fully saturated rings. The lowest BCUT2D eigenvalue weighted by molar-refractivity contribution is 0.0531. The molecule has 0 aromatic carbocycles. The number of nitrogens with one attached hydrogen (secondary N) is 2. The van der Waals surface area contributed by atoms with Gasteiger partial charge in [-0.15, -0.1) is 0 Å². The summed E-state index contributed by atoms with van der Waals surface area (Å²) >= 11 is 9.48. The minimum Gasteiger partial charge on any atom is -0.319 e. The normalized spacial score (nSPS) is 10.9. The van der Waals surface area contributed by atoms with Gasteiger partial charge in [-0.2, -0.15) is 10.2 Å². The molecule has 4 rings (SSSR count). The number of rotatable bonds is 5. The molecule has 10 nitrogen and oxygen atoms in total. The molecule has 2 N–H and O–H groups in total. The Hall–Kier alpha value is -3.28. The van der Waals surface area contributed by atoms with E-state index in [0.717, 1.165) is 0 Å². The fraction of sp³-hybridized carbons (Fsp3) is 0.0556. The van der Waals surface area contributed by atoms with Gasteiger partial charge in [-0.05, 0) is 46.3 Å². The predicted molar refractivity (Wildman–Crippen MR) is 112 cm³/mol. The molecule has 12 heteroatoms. The van der Waals surface area contributed by atoms with Crippen LogP contribution < -0.4 is 10.8 Å². The standard InChI is InChI=1S/C18H13BrClN7O3/c1-30-25-18(29)15-12(5-4-10-6-8-22-26(10)15)23-17(28)13-9-14(19)24-27(13)16-11(20)3-2-7-21-16/h2-9H,1H3,(H,23,28)(H,25,29). The first kappa shape index (κ1) is 20.0. The third-order valence-electron chi connectivity index (χ3n) is 4.07. The number of pyridine rings is 2. The van der Waals surface area contributed by atoms with E-state index in [9.17, 15) is 9.59 Å². The monoisotopic (exact) mass is 489 g/mol. The second-order valence-electron chi connectivity index (χ2n) is 5.93. The van der Waals surface area contributed by atoms with E-state index in [0.29, 0.717) is 15.1 Å². The fourth-order valence-corrected chi connectivity index (χ4v) is 3.42. The Bertz CT molecular complexity index is 1270. The maximum atomic E-state index is 13.1. The minimum atomic E-state index is -0.579. The van der Waals surface area contributed by atoms with E-state index in [4.69, 9.17) is 16.4 Å². The van der Waals surface area contributed by atoms with Crippen LogP contribution in [0.4, 0.5) is 5.69 Å². The van der Waals surface area contributed by atoms with Crippen molar-refractivity contribution in [3.8, 4) is 5.82 Å². The lowest BCUT2D eigenvalue weighted by Crippen LogP contribution is -2.27. The highest BCUT2D eigenvalue weighted by Crippen LogP contribution is 2.23. The van der Waals surface area contributed by atoms with Gasteiger partial charge in [0.25, 0.3) is 11.8 Å². The van der Waals surface area contributed by atoms with Crippen LogP contribution in [0.5, 0.6) is 0 Å². The summed E-state index contributed by atoms with van der Waals surface area (Å²) in [6.07, 6.45) is 3.08.